The minimum absolute atomic E-state index is 0.0363. The summed E-state index contributed by atoms with van der Waals surface area (Å²) in [5.41, 5.74) is 1.77. The van der Waals surface area contributed by atoms with E-state index in [4.69, 9.17) is 0 Å². The first kappa shape index (κ1) is 18.5. The Morgan fingerprint density at radius 3 is 2.52 bits per heavy atom. The third-order valence-electron chi connectivity index (χ3n) is 4.10. The highest BCUT2D eigenvalue weighted by Gasteiger charge is 2.16. The van der Waals surface area contributed by atoms with Crippen LogP contribution in [0.15, 0.2) is 42.5 Å². The first-order chi connectivity index (χ1) is 11.8. The van der Waals surface area contributed by atoms with Gasteiger partial charge in [-0.1, -0.05) is 18.2 Å². The Labute approximate surface area is 145 Å². The zero-order chi connectivity index (χ0) is 18.6. The second-order valence-electron chi connectivity index (χ2n) is 5.95. The molecule has 132 valence electrons. The van der Waals surface area contributed by atoms with Crippen molar-refractivity contribution in [3.63, 3.8) is 0 Å². The molecular formula is C18H20FN3O3. The Hall–Kier alpha value is -2.80. The molecular weight excluding hydrogens is 325 g/mol. The number of halogens is 1. The van der Waals surface area contributed by atoms with Crippen LogP contribution in [0.2, 0.25) is 0 Å². The van der Waals surface area contributed by atoms with Crippen LogP contribution >= 0.6 is 0 Å². The van der Waals surface area contributed by atoms with Gasteiger partial charge in [0.15, 0.2) is 0 Å². The first-order valence-corrected chi connectivity index (χ1v) is 7.78. The molecule has 0 aromatic heterocycles. The summed E-state index contributed by atoms with van der Waals surface area (Å²) in [4.78, 5) is 24.5. The smallest absolute Gasteiger partial charge is 0.274 e. The number of nitro benzene ring substituents is 1. The van der Waals surface area contributed by atoms with E-state index in [1.54, 1.807) is 38.2 Å². The molecule has 25 heavy (non-hydrogen) atoms. The van der Waals surface area contributed by atoms with Crippen LogP contribution in [0.5, 0.6) is 0 Å². The van der Waals surface area contributed by atoms with Crippen molar-refractivity contribution < 1.29 is 14.1 Å². The number of carbonyl (C=O) groups is 1. The second-order valence-corrected chi connectivity index (χ2v) is 5.95. The summed E-state index contributed by atoms with van der Waals surface area (Å²) >= 11 is 0. The molecule has 0 spiro atoms. The summed E-state index contributed by atoms with van der Waals surface area (Å²) in [7, 11) is 1.78. The maximum absolute atomic E-state index is 13.0. The van der Waals surface area contributed by atoms with Gasteiger partial charge in [-0.25, -0.2) is 4.39 Å². The Balaban J connectivity index is 2.00. The topological polar surface area (TPSA) is 75.5 Å². The third kappa shape index (κ3) is 4.84. The van der Waals surface area contributed by atoms with Crippen molar-refractivity contribution in [3.05, 3.63) is 69.5 Å². The van der Waals surface area contributed by atoms with Crippen molar-refractivity contribution in [1.29, 1.82) is 0 Å². The molecule has 1 N–H and O–H groups in total. The molecule has 0 aliphatic rings. The van der Waals surface area contributed by atoms with Gasteiger partial charge >= 0.3 is 0 Å². The number of nitro groups is 1. The van der Waals surface area contributed by atoms with Crippen molar-refractivity contribution in [3.8, 4) is 0 Å². The molecule has 7 heteroatoms. The number of benzene rings is 2. The van der Waals surface area contributed by atoms with Crippen LogP contribution in [-0.4, -0.2) is 29.3 Å². The zero-order valence-corrected chi connectivity index (χ0v) is 14.3. The molecule has 0 saturated heterocycles. The molecule has 2 aromatic rings. The minimum atomic E-state index is -0.478. The van der Waals surface area contributed by atoms with Crippen LogP contribution in [0, 0.1) is 22.9 Å². The van der Waals surface area contributed by atoms with Gasteiger partial charge in [0, 0.05) is 23.4 Å². The van der Waals surface area contributed by atoms with E-state index in [-0.39, 0.29) is 30.0 Å². The summed E-state index contributed by atoms with van der Waals surface area (Å²) in [5.74, 6) is -0.591. The van der Waals surface area contributed by atoms with Crippen LogP contribution < -0.4 is 5.32 Å². The van der Waals surface area contributed by atoms with Gasteiger partial charge in [-0.15, -0.1) is 0 Å². The highest BCUT2D eigenvalue weighted by Crippen LogP contribution is 2.23. The summed E-state index contributed by atoms with van der Waals surface area (Å²) in [5, 5.41) is 13.6. The molecule has 0 radical (unpaired) electrons. The quantitative estimate of drug-likeness (QED) is 0.640. The Morgan fingerprint density at radius 2 is 1.92 bits per heavy atom. The molecule has 0 aliphatic carbocycles. The molecule has 6 nitrogen and oxygen atoms in total. The summed E-state index contributed by atoms with van der Waals surface area (Å²) < 4.78 is 13.0. The highest BCUT2D eigenvalue weighted by atomic mass is 19.1. The molecule has 0 saturated carbocycles. The Morgan fingerprint density at radius 1 is 1.28 bits per heavy atom. The summed E-state index contributed by atoms with van der Waals surface area (Å²) in [6.07, 6.45) is 0. The van der Waals surface area contributed by atoms with Crippen molar-refractivity contribution in [2.24, 2.45) is 0 Å². The number of likely N-dealkylation sites (N-methyl/N-ethyl adjacent to an activating group) is 1. The number of nitrogens with zero attached hydrogens (tertiary/aromatic N) is 2. The van der Waals surface area contributed by atoms with E-state index in [1.165, 1.54) is 18.2 Å². The lowest BCUT2D eigenvalue weighted by atomic mass is 10.1. The number of rotatable bonds is 6. The van der Waals surface area contributed by atoms with Gasteiger partial charge in [0.25, 0.3) is 5.69 Å². The lowest BCUT2D eigenvalue weighted by molar-refractivity contribution is -0.385. The predicted molar refractivity (Wildman–Crippen MR) is 93.9 cm³/mol. The van der Waals surface area contributed by atoms with Crippen molar-refractivity contribution in [2.75, 3.05) is 18.9 Å². The maximum Gasteiger partial charge on any atom is 0.274 e. The molecule has 2 rings (SSSR count). The number of hydrogen-bond acceptors (Lipinski definition) is 4. The fourth-order valence-corrected chi connectivity index (χ4v) is 2.44. The van der Waals surface area contributed by atoms with Gasteiger partial charge in [0.1, 0.15) is 5.82 Å². The van der Waals surface area contributed by atoms with Crippen molar-refractivity contribution >= 4 is 17.3 Å². The average molecular weight is 345 g/mol. The minimum Gasteiger partial charge on any atom is -0.325 e. The van der Waals surface area contributed by atoms with E-state index in [2.05, 4.69) is 5.32 Å². The largest absolute Gasteiger partial charge is 0.325 e. The Kier molecular flexibility index (Phi) is 5.82. The van der Waals surface area contributed by atoms with E-state index in [0.29, 0.717) is 11.3 Å². The molecule has 0 fully saturated rings. The van der Waals surface area contributed by atoms with Crippen LogP contribution in [0.4, 0.5) is 15.8 Å². The van der Waals surface area contributed by atoms with Crippen LogP contribution in [0.25, 0.3) is 0 Å². The standard InChI is InChI=1S/C18H20FN3O3/c1-12-4-9-16(10-17(12)22(24)25)20-18(23)11-21(3)13(2)14-5-7-15(19)8-6-14/h4-10,13H,11H2,1-3H3,(H,20,23). The fourth-order valence-electron chi connectivity index (χ4n) is 2.44. The normalized spacial score (nSPS) is 12.0. The van der Waals surface area contributed by atoms with Gasteiger partial charge in [0.05, 0.1) is 11.5 Å². The predicted octanol–water partition coefficient (Wildman–Crippen LogP) is 3.67. The number of aryl methyl sites for hydroxylation is 1. The lowest BCUT2D eigenvalue weighted by Gasteiger charge is -2.24. The Bertz CT molecular complexity index is 778. The molecule has 2 aromatic carbocycles. The molecule has 0 heterocycles. The number of nitrogens with one attached hydrogen (secondary N) is 1. The maximum atomic E-state index is 13.0. The van der Waals surface area contributed by atoms with E-state index in [9.17, 15) is 19.3 Å². The molecule has 0 bridgehead atoms. The van der Waals surface area contributed by atoms with E-state index in [0.717, 1.165) is 5.56 Å². The number of anilines is 1. The number of carbonyl (C=O) groups excluding carboxylic acids is 1. The average Bonchev–Trinajstić information content (AvgIpc) is 2.56. The van der Waals surface area contributed by atoms with Gasteiger partial charge in [-0.2, -0.15) is 0 Å². The number of hydrogen-bond donors (Lipinski definition) is 1. The summed E-state index contributed by atoms with van der Waals surface area (Å²) in [6, 6.07) is 10.6. The zero-order valence-electron chi connectivity index (χ0n) is 14.3. The summed E-state index contributed by atoms with van der Waals surface area (Å²) in [6.45, 7) is 3.65. The second kappa shape index (κ2) is 7.85. The van der Waals surface area contributed by atoms with Crippen LogP contribution in [0.1, 0.15) is 24.1 Å². The molecule has 0 aliphatic heterocycles. The lowest BCUT2D eigenvalue weighted by Crippen LogP contribution is -2.32. The van der Waals surface area contributed by atoms with Crippen molar-refractivity contribution in [2.45, 2.75) is 19.9 Å². The van der Waals surface area contributed by atoms with E-state index in [1.807, 2.05) is 11.8 Å². The molecule has 1 atom stereocenters. The van der Waals surface area contributed by atoms with Gasteiger partial charge < -0.3 is 5.32 Å². The van der Waals surface area contributed by atoms with E-state index < -0.39 is 4.92 Å². The number of amides is 1. The SMILES string of the molecule is Cc1ccc(NC(=O)CN(C)C(C)c2ccc(F)cc2)cc1[N+](=O)[O-]. The first-order valence-electron chi connectivity index (χ1n) is 7.78. The van der Waals surface area contributed by atoms with Crippen LogP contribution in [0.3, 0.4) is 0 Å². The fraction of sp³-hybridized carbons (Fsp3) is 0.278. The van der Waals surface area contributed by atoms with Gasteiger partial charge in [0.2, 0.25) is 5.91 Å². The monoisotopic (exact) mass is 345 g/mol. The van der Waals surface area contributed by atoms with Crippen LogP contribution in [-0.2, 0) is 4.79 Å². The van der Waals surface area contributed by atoms with Gasteiger partial charge in [-0.3, -0.25) is 19.8 Å². The highest BCUT2D eigenvalue weighted by molar-refractivity contribution is 5.92. The van der Waals surface area contributed by atoms with Gasteiger partial charge in [-0.05, 0) is 44.7 Å². The van der Waals surface area contributed by atoms with Crippen molar-refractivity contribution in [1.82, 2.24) is 4.90 Å². The molecule has 1 amide bonds. The molecule has 1 unspecified atom stereocenters. The third-order valence-corrected chi connectivity index (χ3v) is 4.10. The van der Waals surface area contributed by atoms with E-state index >= 15 is 0 Å².